The molecule has 1 aromatic rings. The van der Waals surface area contributed by atoms with Crippen molar-refractivity contribution in [3.8, 4) is 11.5 Å². The van der Waals surface area contributed by atoms with Crippen molar-refractivity contribution in [2.45, 2.75) is 26.3 Å². The Labute approximate surface area is 125 Å². The van der Waals surface area contributed by atoms with Crippen LogP contribution in [0.2, 0.25) is 0 Å². The Morgan fingerprint density at radius 2 is 2.05 bits per heavy atom. The van der Waals surface area contributed by atoms with E-state index in [2.05, 4.69) is 18.7 Å². The molecule has 2 aliphatic rings. The minimum absolute atomic E-state index is 0.0861. The van der Waals surface area contributed by atoms with Crippen LogP contribution in [0.25, 0.3) is 0 Å². The van der Waals surface area contributed by atoms with Gasteiger partial charge in [-0.05, 0) is 37.7 Å². The summed E-state index contributed by atoms with van der Waals surface area (Å²) in [7, 11) is 0. The molecule has 1 atom stereocenters. The Bertz CT molecular complexity index is 528. The molecule has 1 aromatic carbocycles. The van der Waals surface area contributed by atoms with Crippen LogP contribution >= 0.6 is 0 Å². The van der Waals surface area contributed by atoms with Gasteiger partial charge in [0.1, 0.15) is 0 Å². The molecular formula is C16H22N2O3. The lowest BCUT2D eigenvalue weighted by Crippen LogP contribution is -2.38. The predicted molar refractivity (Wildman–Crippen MR) is 79.8 cm³/mol. The minimum atomic E-state index is 0.0861. The molecule has 0 aliphatic carbocycles. The van der Waals surface area contributed by atoms with E-state index in [-0.39, 0.29) is 12.7 Å². The monoisotopic (exact) mass is 290 g/mol. The first-order chi connectivity index (χ1) is 10.2. The fourth-order valence-electron chi connectivity index (χ4n) is 3.18. The summed E-state index contributed by atoms with van der Waals surface area (Å²) in [5.41, 5.74) is 0.680. The maximum Gasteiger partial charge on any atom is 0.254 e. The summed E-state index contributed by atoms with van der Waals surface area (Å²) in [5.74, 6) is 1.47. The number of hydrogen-bond donors (Lipinski definition) is 0. The molecule has 21 heavy (non-hydrogen) atoms. The Balaban J connectivity index is 1.69. The van der Waals surface area contributed by atoms with Crippen LogP contribution in [0, 0.1) is 0 Å². The lowest BCUT2D eigenvalue weighted by atomic mass is 10.2. The van der Waals surface area contributed by atoms with Gasteiger partial charge in [-0.15, -0.1) is 0 Å². The maximum atomic E-state index is 12.6. The van der Waals surface area contributed by atoms with Crippen LogP contribution in [0.5, 0.6) is 11.5 Å². The summed E-state index contributed by atoms with van der Waals surface area (Å²) in [6, 6.07) is 5.90. The van der Waals surface area contributed by atoms with Gasteiger partial charge in [-0.3, -0.25) is 9.69 Å². The quantitative estimate of drug-likeness (QED) is 0.850. The number of benzene rings is 1. The number of hydrogen-bond acceptors (Lipinski definition) is 4. The Morgan fingerprint density at radius 1 is 1.29 bits per heavy atom. The highest BCUT2D eigenvalue weighted by atomic mass is 16.7. The van der Waals surface area contributed by atoms with Crippen molar-refractivity contribution in [1.82, 2.24) is 9.80 Å². The average Bonchev–Trinajstić information content (AvgIpc) is 3.16. The highest BCUT2D eigenvalue weighted by Gasteiger charge is 2.30. The van der Waals surface area contributed by atoms with Gasteiger partial charge in [-0.25, -0.2) is 0 Å². The third-order valence-electron chi connectivity index (χ3n) is 4.40. The van der Waals surface area contributed by atoms with Crippen LogP contribution in [0.15, 0.2) is 18.2 Å². The van der Waals surface area contributed by atoms with Crippen LogP contribution in [-0.4, -0.2) is 54.7 Å². The van der Waals surface area contributed by atoms with E-state index in [0.29, 0.717) is 23.1 Å². The van der Waals surface area contributed by atoms with E-state index in [1.165, 1.54) is 0 Å². The zero-order valence-electron chi connectivity index (χ0n) is 12.7. The van der Waals surface area contributed by atoms with Gasteiger partial charge in [-0.2, -0.15) is 0 Å². The van der Waals surface area contributed by atoms with Gasteiger partial charge in [0.15, 0.2) is 11.5 Å². The molecule has 1 unspecified atom stereocenters. The van der Waals surface area contributed by atoms with E-state index in [4.69, 9.17) is 9.47 Å². The Kier molecular flexibility index (Phi) is 4.01. The van der Waals surface area contributed by atoms with Crippen LogP contribution in [0.3, 0.4) is 0 Å². The van der Waals surface area contributed by atoms with Gasteiger partial charge in [0.05, 0.1) is 0 Å². The molecule has 0 saturated carbocycles. The van der Waals surface area contributed by atoms with Crippen molar-refractivity contribution in [3.63, 3.8) is 0 Å². The van der Waals surface area contributed by atoms with Gasteiger partial charge >= 0.3 is 0 Å². The highest BCUT2D eigenvalue weighted by Crippen LogP contribution is 2.33. The first kappa shape index (κ1) is 14.2. The highest BCUT2D eigenvalue weighted by molar-refractivity contribution is 5.95. The largest absolute Gasteiger partial charge is 0.454 e. The lowest BCUT2D eigenvalue weighted by Gasteiger charge is -2.26. The van der Waals surface area contributed by atoms with Crippen molar-refractivity contribution < 1.29 is 14.3 Å². The van der Waals surface area contributed by atoms with Crippen molar-refractivity contribution in [2.75, 3.05) is 33.0 Å². The molecule has 0 bridgehead atoms. The average molecular weight is 290 g/mol. The molecule has 0 aromatic heterocycles. The summed E-state index contributed by atoms with van der Waals surface area (Å²) in [6.07, 6.45) is 1.05. The molecular weight excluding hydrogens is 268 g/mol. The van der Waals surface area contributed by atoms with Gasteiger partial charge in [0.2, 0.25) is 6.79 Å². The van der Waals surface area contributed by atoms with Gasteiger partial charge in [-0.1, -0.05) is 13.8 Å². The number of carbonyl (C=O) groups excluding carboxylic acids is 1. The maximum absolute atomic E-state index is 12.6. The van der Waals surface area contributed by atoms with Crippen LogP contribution < -0.4 is 9.47 Å². The molecule has 114 valence electrons. The number of ether oxygens (including phenoxy) is 2. The SMILES string of the molecule is CCN(CC)C1CCN(C(=O)c2ccc3c(c2)OCO3)C1. The van der Waals surface area contributed by atoms with Crippen LogP contribution in [0.1, 0.15) is 30.6 Å². The summed E-state index contributed by atoms with van der Waals surface area (Å²) >= 11 is 0. The molecule has 0 N–H and O–H groups in total. The van der Waals surface area contributed by atoms with Crippen molar-refractivity contribution in [1.29, 1.82) is 0 Å². The zero-order chi connectivity index (χ0) is 14.8. The fourth-order valence-corrected chi connectivity index (χ4v) is 3.18. The van der Waals surface area contributed by atoms with Gasteiger partial charge in [0.25, 0.3) is 5.91 Å². The molecule has 3 rings (SSSR count). The minimum Gasteiger partial charge on any atom is -0.454 e. The van der Waals surface area contributed by atoms with Gasteiger partial charge < -0.3 is 14.4 Å². The molecule has 1 fully saturated rings. The summed E-state index contributed by atoms with van der Waals surface area (Å²) < 4.78 is 10.6. The van der Waals surface area contributed by atoms with E-state index in [1.807, 2.05) is 17.0 Å². The molecule has 0 spiro atoms. The normalized spacial score (nSPS) is 20.3. The van der Waals surface area contributed by atoms with E-state index in [1.54, 1.807) is 6.07 Å². The standard InChI is InChI=1S/C16H22N2O3/c1-3-17(4-2)13-7-8-18(10-13)16(19)12-5-6-14-15(9-12)21-11-20-14/h5-6,9,13H,3-4,7-8,10-11H2,1-2H3. The number of amides is 1. The van der Waals surface area contributed by atoms with E-state index >= 15 is 0 Å². The molecule has 1 amide bonds. The molecule has 0 radical (unpaired) electrons. The third kappa shape index (κ3) is 2.70. The molecule has 2 heterocycles. The smallest absolute Gasteiger partial charge is 0.254 e. The summed E-state index contributed by atoms with van der Waals surface area (Å²) in [5, 5.41) is 0. The number of likely N-dealkylation sites (tertiary alicyclic amines) is 1. The first-order valence-electron chi connectivity index (χ1n) is 7.66. The van der Waals surface area contributed by atoms with E-state index < -0.39 is 0 Å². The molecule has 5 heteroatoms. The second-order valence-corrected chi connectivity index (χ2v) is 5.48. The molecule has 2 aliphatic heterocycles. The van der Waals surface area contributed by atoms with Crippen LogP contribution in [0.4, 0.5) is 0 Å². The molecule has 5 nitrogen and oxygen atoms in total. The summed E-state index contributed by atoms with van der Waals surface area (Å²) in [6.45, 7) is 8.29. The number of likely N-dealkylation sites (N-methyl/N-ethyl adjacent to an activating group) is 1. The first-order valence-corrected chi connectivity index (χ1v) is 7.66. The number of fused-ring (bicyclic) bond motifs is 1. The van der Waals surface area contributed by atoms with Crippen molar-refractivity contribution in [3.05, 3.63) is 23.8 Å². The Morgan fingerprint density at radius 3 is 2.81 bits per heavy atom. The Hall–Kier alpha value is -1.75. The van der Waals surface area contributed by atoms with Crippen molar-refractivity contribution in [2.24, 2.45) is 0 Å². The topological polar surface area (TPSA) is 42.0 Å². The van der Waals surface area contributed by atoms with Crippen molar-refractivity contribution >= 4 is 5.91 Å². The summed E-state index contributed by atoms with van der Waals surface area (Å²) in [4.78, 5) is 17.0. The van der Waals surface area contributed by atoms with E-state index in [0.717, 1.165) is 32.6 Å². The molecule has 1 saturated heterocycles. The number of nitrogens with zero attached hydrogens (tertiary/aromatic N) is 2. The number of rotatable bonds is 4. The second kappa shape index (κ2) is 5.93. The number of carbonyl (C=O) groups is 1. The predicted octanol–water partition coefficient (Wildman–Crippen LogP) is 1.97. The second-order valence-electron chi connectivity index (χ2n) is 5.48. The van der Waals surface area contributed by atoms with Crippen LogP contribution in [-0.2, 0) is 0 Å². The zero-order valence-corrected chi connectivity index (χ0v) is 12.7. The third-order valence-corrected chi connectivity index (χ3v) is 4.40. The van der Waals surface area contributed by atoms with Gasteiger partial charge in [0, 0.05) is 24.7 Å². The van der Waals surface area contributed by atoms with E-state index in [9.17, 15) is 4.79 Å². The lowest BCUT2D eigenvalue weighted by molar-refractivity contribution is 0.0777. The fraction of sp³-hybridized carbons (Fsp3) is 0.562.